The van der Waals surface area contributed by atoms with Crippen molar-refractivity contribution in [2.75, 3.05) is 33.7 Å². The van der Waals surface area contributed by atoms with Gasteiger partial charge in [-0.25, -0.2) is 8.78 Å². The molecular weight excluding hydrogens is 270 g/mol. The second-order valence-electron chi connectivity index (χ2n) is 6.54. The van der Waals surface area contributed by atoms with Crippen LogP contribution in [0.4, 0.5) is 8.78 Å². The molecule has 2 atom stereocenters. The monoisotopic (exact) mass is 296 g/mol. The van der Waals surface area contributed by atoms with Gasteiger partial charge in [0.05, 0.1) is 0 Å². The van der Waals surface area contributed by atoms with Gasteiger partial charge in [0.1, 0.15) is 0 Å². The first kappa shape index (κ1) is 16.4. The van der Waals surface area contributed by atoms with Crippen LogP contribution in [0.2, 0.25) is 0 Å². The van der Waals surface area contributed by atoms with Crippen LogP contribution in [0.5, 0.6) is 0 Å². The Labute approximate surface area is 126 Å². The number of nitrogens with zero attached hydrogens (tertiary/aromatic N) is 2. The SMILES string of the molecule is CC1CN(Cc2ccccc2)CC(CCN(C)C)C1(F)F. The van der Waals surface area contributed by atoms with E-state index in [4.69, 9.17) is 0 Å². The molecule has 4 heteroatoms. The lowest BCUT2D eigenvalue weighted by Crippen LogP contribution is -2.52. The lowest BCUT2D eigenvalue weighted by Gasteiger charge is -2.43. The normalized spacial score (nSPS) is 26.2. The molecule has 0 amide bonds. The van der Waals surface area contributed by atoms with Crippen LogP contribution in [0.25, 0.3) is 0 Å². The second-order valence-corrected chi connectivity index (χ2v) is 6.54. The summed E-state index contributed by atoms with van der Waals surface area (Å²) in [6, 6.07) is 10.1. The third kappa shape index (κ3) is 4.24. The summed E-state index contributed by atoms with van der Waals surface area (Å²) in [5, 5.41) is 0. The molecule has 1 fully saturated rings. The molecular formula is C17H26F2N2. The van der Waals surface area contributed by atoms with Gasteiger partial charge in [-0.2, -0.15) is 0 Å². The molecule has 118 valence electrons. The van der Waals surface area contributed by atoms with E-state index in [0.717, 1.165) is 6.54 Å². The Morgan fingerprint density at radius 2 is 1.86 bits per heavy atom. The molecule has 0 radical (unpaired) electrons. The number of alkyl halides is 2. The Morgan fingerprint density at radius 3 is 2.48 bits per heavy atom. The predicted octanol–water partition coefficient (Wildman–Crippen LogP) is 3.34. The molecule has 0 spiro atoms. The van der Waals surface area contributed by atoms with E-state index in [-0.39, 0.29) is 0 Å². The molecule has 2 rings (SSSR count). The van der Waals surface area contributed by atoms with Crippen LogP contribution in [0.3, 0.4) is 0 Å². The molecule has 0 N–H and O–H groups in total. The minimum absolute atomic E-state index is 0.473. The minimum Gasteiger partial charge on any atom is -0.309 e. The standard InChI is InChI=1S/C17H26F2N2/c1-14-11-21(12-15-7-5-4-6-8-15)13-16(17(14,18)19)9-10-20(2)3/h4-8,14,16H,9-13H2,1-3H3. The zero-order valence-electron chi connectivity index (χ0n) is 13.2. The van der Waals surface area contributed by atoms with Gasteiger partial charge >= 0.3 is 0 Å². The summed E-state index contributed by atoms with van der Waals surface area (Å²) in [4.78, 5) is 4.16. The van der Waals surface area contributed by atoms with Crippen LogP contribution < -0.4 is 0 Å². The Morgan fingerprint density at radius 1 is 1.19 bits per heavy atom. The highest BCUT2D eigenvalue weighted by Crippen LogP contribution is 2.39. The maximum Gasteiger partial charge on any atom is 0.255 e. The number of hydrogen-bond donors (Lipinski definition) is 0. The van der Waals surface area contributed by atoms with Crippen LogP contribution in [0.1, 0.15) is 18.9 Å². The molecule has 1 heterocycles. The summed E-state index contributed by atoms with van der Waals surface area (Å²) in [6.07, 6.45) is 0.551. The molecule has 21 heavy (non-hydrogen) atoms. The van der Waals surface area contributed by atoms with Gasteiger partial charge in [0.15, 0.2) is 0 Å². The van der Waals surface area contributed by atoms with Crippen molar-refractivity contribution < 1.29 is 8.78 Å². The molecule has 1 aliphatic rings. The summed E-state index contributed by atoms with van der Waals surface area (Å²) in [5.74, 6) is -3.68. The van der Waals surface area contributed by atoms with Gasteiger partial charge in [0.25, 0.3) is 5.92 Å². The summed E-state index contributed by atoms with van der Waals surface area (Å²) in [7, 11) is 3.87. The van der Waals surface area contributed by atoms with Gasteiger partial charge in [-0.05, 0) is 32.6 Å². The van der Waals surface area contributed by atoms with E-state index in [0.29, 0.717) is 26.1 Å². The van der Waals surface area contributed by atoms with Crippen molar-refractivity contribution in [1.29, 1.82) is 0 Å². The van der Waals surface area contributed by atoms with E-state index in [1.54, 1.807) is 6.92 Å². The van der Waals surface area contributed by atoms with Crippen molar-refractivity contribution in [1.82, 2.24) is 9.80 Å². The Hall–Kier alpha value is -1.00. The molecule has 0 aromatic heterocycles. The topological polar surface area (TPSA) is 6.48 Å². The summed E-state index contributed by atoms with van der Waals surface area (Å²) >= 11 is 0. The predicted molar refractivity (Wildman–Crippen MR) is 82.5 cm³/mol. The average Bonchev–Trinajstić information content (AvgIpc) is 2.42. The largest absolute Gasteiger partial charge is 0.309 e. The molecule has 1 aromatic carbocycles. The van der Waals surface area contributed by atoms with E-state index < -0.39 is 17.8 Å². The van der Waals surface area contributed by atoms with Crippen molar-refractivity contribution in [3.63, 3.8) is 0 Å². The van der Waals surface area contributed by atoms with E-state index in [2.05, 4.69) is 17.0 Å². The fourth-order valence-electron chi connectivity index (χ4n) is 3.09. The first-order valence-electron chi connectivity index (χ1n) is 7.68. The first-order valence-corrected chi connectivity index (χ1v) is 7.68. The Balaban J connectivity index is 2.02. The number of piperidine rings is 1. The highest BCUT2D eigenvalue weighted by molar-refractivity contribution is 5.14. The highest BCUT2D eigenvalue weighted by Gasteiger charge is 2.48. The number of hydrogen-bond acceptors (Lipinski definition) is 2. The third-order valence-electron chi connectivity index (χ3n) is 4.39. The quantitative estimate of drug-likeness (QED) is 0.822. The van der Waals surface area contributed by atoms with Crippen LogP contribution in [0.15, 0.2) is 30.3 Å². The van der Waals surface area contributed by atoms with Crippen molar-refractivity contribution >= 4 is 0 Å². The number of halogens is 2. The van der Waals surface area contributed by atoms with Gasteiger partial charge in [0, 0.05) is 31.5 Å². The molecule has 1 aliphatic heterocycles. The van der Waals surface area contributed by atoms with Gasteiger partial charge in [-0.3, -0.25) is 4.90 Å². The van der Waals surface area contributed by atoms with Gasteiger partial charge in [0.2, 0.25) is 0 Å². The lowest BCUT2D eigenvalue weighted by atomic mass is 9.83. The molecule has 2 nitrogen and oxygen atoms in total. The molecule has 0 saturated carbocycles. The maximum atomic E-state index is 14.4. The van der Waals surface area contributed by atoms with Gasteiger partial charge in [-0.1, -0.05) is 37.3 Å². The average molecular weight is 296 g/mol. The third-order valence-corrected chi connectivity index (χ3v) is 4.39. The van der Waals surface area contributed by atoms with Crippen LogP contribution >= 0.6 is 0 Å². The summed E-state index contributed by atoms with van der Waals surface area (Å²) < 4.78 is 28.8. The fraction of sp³-hybridized carbons (Fsp3) is 0.647. The fourth-order valence-corrected chi connectivity index (χ4v) is 3.09. The molecule has 0 aliphatic carbocycles. The Bertz CT molecular complexity index is 434. The minimum atomic E-state index is -2.55. The summed E-state index contributed by atoms with van der Waals surface area (Å²) in [6.45, 7) is 4.12. The molecule has 1 saturated heterocycles. The van der Waals surface area contributed by atoms with E-state index in [9.17, 15) is 8.78 Å². The number of likely N-dealkylation sites (tertiary alicyclic amines) is 1. The van der Waals surface area contributed by atoms with Crippen molar-refractivity contribution in [2.45, 2.75) is 25.8 Å². The van der Waals surface area contributed by atoms with E-state index in [1.165, 1.54) is 5.56 Å². The lowest BCUT2D eigenvalue weighted by molar-refractivity contribution is -0.149. The zero-order chi connectivity index (χ0) is 15.5. The molecule has 1 aromatic rings. The van der Waals surface area contributed by atoms with E-state index >= 15 is 0 Å². The first-order chi connectivity index (χ1) is 9.89. The van der Waals surface area contributed by atoms with Crippen LogP contribution in [0, 0.1) is 11.8 Å². The van der Waals surface area contributed by atoms with Gasteiger partial charge < -0.3 is 4.90 Å². The number of benzene rings is 1. The van der Waals surface area contributed by atoms with Gasteiger partial charge in [-0.15, -0.1) is 0 Å². The van der Waals surface area contributed by atoms with Crippen LogP contribution in [-0.4, -0.2) is 49.5 Å². The van der Waals surface area contributed by atoms with E-state index in [1.807, 2.05) is 37.2 Å². The zero-order valence-corrected chi connectivity index (χ0v) is 13.2. The molecule has 0 bridgehead atoms. The van der Waals surface area contributed by atoms with Crippen molar-refractivity contribution in [3.8, 4) is 0 Å². The Kier molecular flexibility index (Phi) is 5.33. The van der Waals surface area contributed by atoms with Crippen molar-refractivity contribution in [3.05, 3.63) is 35.9 Å². The molecule has 2 unspecified atom stereocenters. The highest BCUT2D eigenvalue weighted by atomic mass is 19.3. The van der Waals surface area contributed by atoms with Crippen molar-refractivity contribution in [2.24, 2.45) is 11.8 Å². The second kappa shape index (κ2) is 6.84. The smallest absolute Gasteiger partial charge is 0.255 e. The summed E-state index contributed by atoms with van der Waals surface area (Å²) in [5.41, 5.74) is 1.20. The number of rotatable bonds is 5. The maximum absolute atomic E-state index is 14.4. The van der Waals surface area contributed by atoms with Crippen LogP contribution in [-0.2, 0) is 6.54 Å².